The zero-order chi connectivity index (χ0) is 45.1. The highest BCUT2D eigenvalue weighted by Gasteiger charge is 2.46. The molecule has 1 saturated carbocycles. The molecule has 0 unspecified atom stereocenters. The Hall–Kier alpha value is -5.58. The van der Waals surface area contributed by atoms with Crippen molar-refractivity contribution >= 4 is 35.3 Å². The molecular formula is C47H65N7O9. The third-order valence-electron chi connectivity index (χ3n) is 10.8. The molecule has 2 fully saturated rings. The Labute approximate surface area is 370 Å². The quantitative estimate of drug-likeness (QED) is 0.0333. The summed E-state index contributed by atoms with van der Waals surface area (Å²) in [6.07, 6.45) is 9.85. The fourth-order valence-corrected chi connectivity index (χ4v) is 7.15. The summed E-state index contributed by atoms with van der Waals surface area (Å²) in [4.78, 5) is 47.4. The molecule has 0 spiro atoms. The lowest BCUT2D eigenvalue weighted by Crippen LogP contribution is -2.58. The highest BCUT2D eigenvalue weighted by molar-refractivity contribution is 6.07. The second kappa shape index (κ2) is 23.7. The van der Waals surface area contributed by atoms with Crippen molar-refractivity contribution in [3.63, 3.8) is 0 Å². The number of hydrogen-bond donors (Lipinski definition) is 5. The van der Waals surface area contributed by atoms with E-state index >= 15 is 0 Å². The number of hydrogen-bond acceptors (Lipinski definition) is 11. The van der Waals surface area contributed by atoms with Crippen molar-refractivity contribution in [1.82, 2.24) is 15.2 Å². The van der Waals surface area contributed by atoms with Crippen LogP contribution in [-0.4, -0.2) is 115 Å². The lowest BCUT2D eigenvalue weighted by atomic mass is 9.85. The third kappa shape index (κ3) is 15.9. The zero-order valence-corrected chi connectivity index (χ0v) is 37.0. The Morgan fingerprint density at radius 2 is 1.43 bits per heavy atom. The molecule has 16 heteroatoms. The molecule has 6 N–H and O–H groups in total. The van der Waals surface area contributed by atoms with E-state index < -0.39 is 28.7 Å². The van der Waals surface area contributed by atoms with Crippen molar-refractivity contribution in [2.75, 3.05) is 64.7 Å². The lowest BCUT2D eigenvalue weighted by molar-refractivity contribution is -0.137. The SMILES string of the molecule is CC(C)(C)OC(=O)N1CCC(Nc2cccc(C(=O)NC3(c4ccc(OCCCCCCOCCOCCOCCCC(=O)O)cc4)CC3)c2)(C(N)=NC(=N)c2ccncc2)CC1. The van der Waals surface area contributed by atoms with Gasteiger partial charge in [-0.25, -0.2) is 9.79 Å². The summed E-state index contributed by atoms with van der Waals surface area (Å²) < 4.78 is 28.1. The Bertz CT molecular complexity index is 1960. The number of benzene rings is 2. The van der Waals surface area contributed by atoms with Crippen LogP contribution in [0.5, 0.6) is 5.75 Å². The van der Waals surface area contributed by atoms with Crippen LogP contribution in [0.4, 0.5) is 10.5 Å². The van der Waals surface area contributed by atoms with Crippen LogP contribution < -0.4 is 21.1 Å². The number of amides is 2. The van der Waals surface area contributed by atoms with E-state index in [1.807, 2.05) is 57.2 Å². The highest BCUT2D eigenvalue weighted by Crippen LogP contribution is 2.46. The Balaban J connectivity index is 1.06. The molecule has 1 aliphatic heterocycles. The molecule has 1 aromatic heterocycles. The van der Waals surface area contributed by atoms with Crippen LogP contribution in [0.3, 0.4) is 0 Å². The van der Waals surface area contributed by atoms with E-state index in [4.69, 9.17) is 39.9 Å². The molecule has 0 atom stereocenters. The lowest BCUT2D eigenvalue weighted by Gasteiger charge is -2.42. The second-order valence-corrected chi connectivity index (χ2v) is 17.0. The maximum Gasteiger partial charge on any atom is 0.410 e. The third-order valence-corrected chi connectivity index (χ3v) is 10.8. The number of rotatable bonds is 25. The van der Waals surface area contributed by atoms with Crippen LogP contribution in [0.15, 0.2) is 78.0 Å². The number of carbonyl (C=O) groups is 3. The Morgan fingerprint density at radius 1 is 0.810 bits per heavy atom. The molecule has 5 rings (SSSR count). The average Bonchev–Trinajstić information content (AvgIpc) is 4.05. The Kier molecular flexibility index (Phi) is 18.3. The zero-order valence-electron chi connectivity index (χ0n) is 37.0. The van der Waals surface area contributed by atoms with Gasteiger partial charge in [0.2, 0.25) is 0 Å². The van der Waals surface area contributed by atoms with Gasteiger partial charge >= 0.3 is 12.1 Å². The molecule has 0 radical (unpaired) electrons. The molecular weight excluding hydrogens is 807 g/mol. The molecule has 1 saturated heterocycles. The molecule has 1 aliphatic carbocycles. The minimum atomic E-state index is -0.911. The van der Waals surface area contributed by atoms with Crippen molar-refractivity contribution in [2.24, 2.45) is 10.7 Å². The van der Waals surface area contributed by atoms with Gasteiger partial charge in [0.05, 0.1) is 44.1 Å². The monoisotopic (exact) mass is 871 g/mol. The summed E-state index contributed by atoms with van der Waals surface area (Å²) >= 11 is 0. The van der Waals surface area contributed by atoms with Crippen LogP contribution >= 0.6 is 0 Å². The highest BCUT2D eigenvalue weighted by atomic mass is 16.6. The van der Waals surface area contributed by atoms with Crippen LogP contribution in [0.2, 0.25) is 0 Å². The number of nitrogens with one attached hydrogen (secondary N) is 3. The van der Waals surface area contributed by atoms with Crippen LogP contribution in [0.25, 0.3) is 0 Å². The first-order chi connectivity index (χ1) is 30.3. The molecule has 342 valence electrons. The number of pyridine rings is 1. The molecule has 0 bridgehead atoms. The summed E-state index contributed by atoms with van der Waals surface area (Å²) in [5.74, 6) is -0.0149. The van der Waals surface area contributed by atoms with Crippen molar-refractivity contribution in [3.05, 3.63) is 89.7 Å². The van der Waals surface area contributed by atoms with Gasteiger partial charge in [0.15, 0.2) is 5.84 Å². The normalized spacial score (nSPS) is 15.6. The first-order valence-electron chi connectivity index (χ1n) is 22.0. The Morgan fingerprint density at radius 3 is 2.05 bits per heavy atom. The van der Waals surface area contributed by atoms with Gasteiger partial charge in [0.25, 0.3) is 5.91 Å². The predicted molar refractivity (Wildman–Crippen MR) is 241 cm³/mol. The number of carboxylic acid groups (broad SMARTS) is 1. The largest absolute Gasteiger partial charge is 0.494 e. The number of aliphatic carboxylic acids is 1. The minimum Gasteiger partial charge on any atom is -0.494 e. The first-order valence-corrected chi connectivity index (χ1v) is 22.0. The number of carboxylic acids is 1. The summed E-state index contributed by atoms with van der Waals surface area (Å²) in [6, 6.07) is 18.6. The summed E-state index contributed by atoms with van der Waals surface area (Å²) in [7, 11) is 0. The molecule has 2 aromatic carbocycles. The standard InChI is InChI=1S/C47H65N7O9/c1-45(2,3)63-44(58)54-25-21-47(22-26-54,43(49)51-41(48)35-17-23-50-24-18-35)52-38-11-8-10-36(34-38)42(57)53-46(19-20-46)37-13-15-39(16-14-37)62-29-7-5-4-6-27-59-30-32-61-33-31-60-28-9-12-40(55)56/h8,10-11,13-18,23-24,34,52H,4-7,9,12,19-22,25-33H2,1-3H3,(H,53,57)(H,55,56)(H3,48,49,51). The van der Waals surface area contributed by atoms with E-state index in [9.17, 15) is 14.4 Å². The van der Waals surface area contributed by atoms with Gasteiger partial charge in [-0.1, -0.05) is 24.6 Å². The number of piperidine rings is 1. The topological polar surface area (TPSA) is 220 Å². The van der Waals surface area contributed by atoms with Gasteiger partial charge in [-0.15, -0.1) is 0 Å². The number of nitrogens with zero attached hydrogens (tertiary/aromatic N) is 3. The van der Waals surface area contributed by atoms with Gasteiger partial charge in [-0.2, -0.15) is 0 Å². The van der Waals surface area contributed by atoms with Crippen molar-refractivity contribution in [2.45, 2.75) is 102 Å². The number of carbonyl (C=O) groups excluding carboxylic acids is 2. The summed E-state index contributed by atoms with van der Waals surface area (Å²) in [5, 5.41) is 24.1. The number of ether oxygens (including phenoxy) is 5. The van der Waals surface area contributed by atoms with Crippen LogP contribution in [0.1, 0.15) is 106 Å². The molecule has 2 amide bonds. The number of amidine groups is 2. The minimum absolute atomic E-state index is 0.00484. The number of nitrogens with two attached hydrogens (primary N) is 1. The van der Waals surface area contributed by atoms with Crippen molar-refractivity contribution < 1.29 is 43.2 Å². The molecule has 2 heterocycles. The first kappa shape index (κ1) is 48.5. The molecule has 3 aromatic rings. The summed E-state index contributed by atoms with van der Waals surface area (Å²) in [5.41, 5.74) is 7.49. The van der Waals surface area contributed by atoms with Crippen molar-refractivity contribution in [1.29, 1.82) is 5.41 Å². The number of aromatic nitrogens is 1. The van der Waals surface area contributed by atoms with Crippen LogP contribution in [-0.2, 0) is 29.3 Å². The van der Waals surface area contributed by atoms with E-state index in [2.05, 4.69) is 20.6 Å². The second-order valence-electron chi connectivity index (χ2n) is 17.0. The van der Waals surface area contributed by atoms with E-state index in [0.717, 1.165) is 49.8 Å². The fourth-order valence-electron chi connectivity index (χ4n) is 7.15. The molecule has 16 nitrogen and oxygen atoms in total. The van der Waals surface area contributed by atoms with Crippen LogP contribution in [0, 0.1) is 5.41 Å². The van der Waals surface area contributed by atoms with Gasteiger partial charge in [0.1, 0.15) is 17.2 Å². The van der Waals surface area contributed by atoms with Gasteiger partial charge in [-0.05, 0) is 120 Å². The van der Waals surface area contributed by atoms with Crippen molar-refractivity contribution in [3.8, 4) is 5.75 Å². The average molecular weight is 872 g/mol. The molecule has 63 heavy (non-hydrogen) atoms. The smallest absolute Gasteiger partial charge is 0.410 e. The number of unbranched alkanes of at least 4 members (excludes halogenated alkanes) is 3. The maximum atomic E-state index is 13.8. The van der Waals surface area contributed by atoms with Gasteiger partial charge < -0.3 is 50.1 Å². The number of anilines is 1. The van der Waals surface area contributed by atoms with E-state index in [1.54, 1.807) is 41.6 Å². The van der Waals surface area contributed by atoms with Gasteiger partial charge in [0, 0.05) is 61.9 Å². The molecule has 2 aliphatic rings. The van der Waals surface area contributed by atoms with E-state index in [0.29, 0.717) is 95.4 Å². The number of aliphatic imine (C=N–C) groups is 1. The van der Waals surface area contributed by atoms with E-state index in [1.165, 1.54) is 0 Å². The predicted octanol–water partition coefficient (Wildman–Crippen LogP) is 6.92. The number of likely N-dealkylation sites (tertiary alicyclic amines) is 1. The van der Waals surface area contributed by atoms with E-state index in [-0.39, 0.29) is 24.0 Å². The maximum absolute atomic E-state index is 13.8. The van der Waals surface area contributed by atoms with Gasteiger partial charge in [-0.3, -0.25) is 20.0 Å². The summed E-state index contributed by atoms with van der Waals surface area (Å²) in [6.45, 7) is 9.86. The fraction of sp³-hybridized carbons (Fsp3) is 0.532.